The van der Waals surface area contributed by atoms with E-state index in [2.05, 4.69) is 21.0 Å². The minimum absolute atomic E-state index is 0.237. The van der Waals surface area contributed by atoms with Gasteiger partial charge in [-0.05, 0) is 69.0 Å². The number of carbonyl (C=O) groups is 4. The van der Waals surface area contributed by atoms with E-state index in [0.717, 1.165) is 5.56 Å². The molecule has 4 atom stereocenters. The molecule has 3 aliphatic heterocycles. The van der Waals surface area contributed by atoms with Crippen molar-refractivity contribution >= 4 is 23.7 Å². The molecule has 39 heavy (non-hydrogen) atoms. The summed E-state index contributed by atoms with van der Waals surface area (Å²) in [4.78, 5) is 56.4. The zero-order valence-electron chi connectivity index (χ0n) is 22.6. The number of pyridine rings is 1. The average molecular weight is 538 g/mol. The molecule has 0 saturated carbocycles. The predicted molar refractivity (Wildman–Crippen MR) is 142 cm³/mol. The van der Waals surface area contributed by atoms with E-state index >= 15 is 0 Å². The van der Waals surface area contributed by atoms with Crippen LogP contribution in [0.1, 0.15) is 52.3 Å². The summed E-state index contributed by atoms with van der Waals surface area (Å²) in [6.07, 6.45) is 0.469. The van der Waals surface area contributed by atoms with Gasteiger partial charge in [-0.3, -0.25) is 24.2 Å². The topological polar surface area (TPSA) is 139 Å². The van der Waals surface area contributed by atoms with Gasteiger partial charge in [0.2, 0.25) is 5.91 Å². The number of benzene rings is 1. The summed E-state index contributed by atoms with van der Waals surface area (Å²) in [5.74, 6) is -1.59. The zero-order chi connectivity index (χ0) is 28.1. The van der Waals surface area contributed by atoms with Crippen LogP contribution in [0.15, 0.2) is 42.5 Å². The lowest BCUT2D eigenvalue weighted by molar-refractivity contribution is -0.157. The summed E-state index contributed by atoms with van der Waals surface area (Å²) in [6, 6.07) is 10.1. The first kappa shape index (κ1) is 28.0. The molecule has 11 heteroatoms. The second-order valence-electron chi connectivity index (χ2n) is 10.2. The number of amides is 3. The summed E-state index contributed by atoms with van der Waals surface area (Å²) in [6.45, 7) is 7.01. The molecule has 0 spiro atoms. The number of nitrogens with zero attached hydrogens (tertiary/aromatic N) is 2. The summed E-state index contributed by atoms with van der Waals surface area (Å²) >= 11 is 0. The number of nitrogens with one attached hydrogen (secondary N) is 3. The minimum Gasteiger partial charge on any atom is -0.484 e. The van der Waals surface area contributed by atoms with E-state index in [9.17, 15) is 19.2 Å². The molecule has 4 heterocycles. The van der Waals surface area contributed by atoms with Crippen LogP contribution >= 0.6 is 0 Å². The number of fused-ring (bicyclic) bond motifs is 12. The highest BCUT2D eigenvalue weighted by atomic mass is 16.5. The van der Waals surface area contributed by atoms with Gasteiger partial charge >= 0.3 is 5.97 Å². The highest BCUT2D eigenvalue weighted by Crippen LogP contribution is 2.24. The van der Waals surface area contributed by atoms with Crippen LogP contribution in [0, 0.1) is 5.92 Å². The van der Waals surface area contributed by atoms with Crippen molar-refractivity contribution in [3.05, 3.63) is 48.2 Å². The first-order chi connectivity index (χ1) is 18.6. The van der Waals surface area contributed by atoms with E-state index in [1.807, 2.05) is 24.3 Å². The van der Waals surface area contributed by atoms with Gasteiger partial charge in [-0.1, -0.05) is 19.9 Å². The Morgan fingerprint density at radius 1 is 1.00 bits per heavy atom. The van der Waals surface area contributed by atoms with E-state index in [0.29, 0.717) is 36.5 Å². The van der Waals surface area contributed by atoms with Gasteiger partial charge in [-0.15, -0.1) is 0 Å². The van der Waals surface area contributed by atoms with Crippen molar-refractivity contribution in [2.24, 2.45) is 5.92 Å². The second-order valence-corrected chi connectivity index (χ2v) is 10.2. The molecule has 1 aromatic heterocycles. The summed E-state index contributed by atoms with van der Waals surface area (Å²) < 4.78 is 11.3. The number of aromatic nitrogens is 1. The van der Waals surface area contributed by atoms with Gasteiger partial charge in [0.05, 0.1) is 11.4 Å². The number of hydrogen-bond acceptors (Lipinski definition) is 8. The highest BCUT2D eigenvalue weighted by Gasteiger charge is 2.34. The maximum Gasteiger partial charge on any atom is 0.325 e. The molecule has 0 radical (unpaired) electrons. The summed E-state index contributed by atoms with van der Waals surface area (Å²) in [7, 11) is 0. The molecule has 1 aromatic carbocycles. The third-order valence-corrected chi connectivity index (χ3v) is 6.73. The van der Waals surface area contributed by atoms with E-state index < -0.39 is 47.9 Å². The van der Waals surface area contributed by atoms with Crippen LogP contribution in [0.3, 0.4) is 0 Å². The normalized spacial score (nSPS) is 25.1. The molecule has 3 unspecified atom stereocenters. The number of hydrazine groups is 1. The van der Waals surface area contributed by atoms with Crippen molar-refractivity contribution in [3.8, 4) is 17.0 Å². The largest absolute Gasteiger partial charge is 0.484 e. The summed E-state index contributed by atoms with van der Waals surface area (Å²) in [5.41, 5.74) is 5.05. The minimum atomic E-state index is -0.892. The van der Waals surface area contributed by atoms with Crippen molar-refractivity contribution < 1.29 is 28.7 Å². The molecule has 3 N–H and O–H groups in total. The Kier molecular flexibility index (Phi) is 8.80. The van der Waals surface area contributed by atoms with Crippen LogP contribution in [0.4, 0.5) is 0 Å². The van der Waals surface area contributed by atoms with Gasteiger partial charge in [0, 0.05) is 12.1 Å². The molecule has 6 bridgehead atoms. The maximum absolute atomic E-state index is 13.1. The average Bonchev–Trinajstić information content (AvgIpc) is 2.94. The molecule has 3 amide bonds. The van der Waals surface area contributed by atoms with Crippen LogP contribution < -0.4 is 20.8 Å². The fraction of sp³-hybridized carbons (Fsp3) is 0.464. The Labute approximate surface area is 227 Å². The smallest absolute Gasteiger partial charge is 0.325 e. The van der Waals surface area contributed by atoms with Crippen molar-refractivity contribution in [2.45, 2.75) is 64.8 Å². The van der Waals surface area contributed by atoms with Crippen molar-refractivity contribution in [1.29, 1.82) is 0 Å². The Morgan fingerprint density at radius 3 is 2.46 bits per heavy atom. The van der Waals surface area contributed by atoms with Gasteiger partial charge in [0.1, 0.15) is 30.0 Å². The van der Waals surface area contributed by atoms with E-state index in [-0.39, 0.29) is 12.5 Å². The SMILES string of the molecule is CC1NC(=O)C(C(C)C)NC(=O)COc2ccc(cc2)-c2cccc(n2)[C@@H](C)OC(=O)C2CCCN(N2)C1=O. The van der Waals surface area contributed by atoms with Gasteiger partial charge in [0.25, 0.3) is 11.8 Å². The van der Waals surface area contributed by atoms with Crippen LogP contribution in [-0.4, -0.2) is 65.0 Å². The molecule has 208 valence electrons. The first-order valence-electron chi connectivity index (χ1n) is 13.2. The van der Waals surface area contributed by atoms with Crippen LogP contribution in [0.25, 0.3) is 11.3 Å². The number of ether oxygens (including phenoxy) is 2. The molecule has 1 saturated heterocycles. The monoisotopic (exact) mass is 537 g/mol. The number of carbonyl (C=O) groups excluding carboxylic acids is 4. The third kappa shape index (κ3) is 6.91. The lowest BCUT2D eigenvalue weighted by Crippen LogP contribution is -2.61. The van der Waals surface area contributed by atoms with Crippen molar-refractivity contribution in [1.82, 2.24) is 26.1 Å². The fourth-order valence-corrected chi connectivity index (χ4v) is 4.49. The Balaban J connectivity index is 1.61. The van der Waals surface area contributed by atoms with Gasteiger partial charge < -0.3 is 20.1 Å². The molecule has 1 fully saturated rings. The van der Waals surface area contributed by atoms with Gasteiger partial charge in [-0.2, -0.15) is 0 Å². The zero-order valence-corrected chi connectivity index (χ0v) is 22.6. The number of esters is 1. The quantitative estimate of drug-likeness (QED) is 0.370. The summed E-state index contributed by atoms with van der Waals surface area (Å²) in [5, 5.41) is 6.73. The molecule has 11 nitrogen and oxygen atoms in total. The predicted octanol–water partition coefficient (Wildman–Crippen LogP) is 1.89. The lowest BCUT2D eigenvalue weighted by Gasteiger charge is -2.35. The standard InChI is InChI=1S/C28H35N5O6/c1-16(2)25-26(35)29-17(3)27(36)33-14-6-9-23(32-33)28(37)39-18(4)21-7-5-8-22(30-21)19-10-12-20(13-11-19)38-15-24(34)31-25/h5,7-8,10-13,16-18,23,25,32H,6,9,14-15H2,1-4H3,(H,29,35)(H,31,34)/t17?,18-,23?,25?/m1/s1. The molecule has 0 aliphatic carbocycles. The molecular formula is C28H35N5O6. The Hall–Kier alpha value is -3.99. The van der Waals surface area contributed by atoms with E-state index in [1.54, 1.807) is 45.9 Å². The molecule has 3 aliphatic rings. The van der Waals surface area contributed by atoms with Crippen LogP contribution in [0.2, 0.25) is 0 Å². The van der Waals surface area contributed by atoms with E-state index in [4.69, 9.17) is 9.47 Å². The maximum atomic E-state index is 13.1. The van der Waals surface area contributed by atoms with Crippen LogP contribution in [-0.2, 0) is 23.9 Å². The lowest BCUT2D eigenvalue weighted by atomic mass is 10.0. The fourth-order valence-electron chi connectivity index (χ4n) is 4.49. The second kappa shape index (κ2) is 12.2. The van der Waals surface area contributed by atoms with E-state index in [1.165, 1.54) is 5.01 Å². The molecular weight excluding hydrogens is 502 g/mol. The number of rotatable bonds is 1. The van der Waals surface area contributed by atoms with Crippen molar-refractivity contribution in [2.75, 3.05) is 13.2 Å². The first-order valence-corrected chi connectivity index (χ1v) is 13.2. The Bertz CT molecular complexity index is 1220. The van der Waals surface area contributed by atoms with Gasteiger partial charge in [0.15, 0.2) is 6.61 Å². The third-order valence-electron chi connectivity index (χ3n) is 6.73. The highest BCUT2D eigenvalue weighted by molar-refractivity contribution is 5.92. The number of hydrogen-bond donors (Lipinski definition) is 3. The van der Waals surface area contributed by atoms with Crippen LogP contribution in [0.5, 0.6) is 5.75 Å². The van der Waals surface area contributed by atoms with Gasteiger partial charge in [-0.25, -0.2) is 10.4 Å². The molecule has 2 aromatic rings. The van der Waals surface area contributed by atoms with Crippen molar-refractivity contribution in [3.63, 3.8) is 0 Å². The molecule has 5 rings (SSSR count). The Morgan fingerprint density at radius 2 is 1.74 bits per heavy atom.